The molecule has 5 rings (SSSR count). The Bertz CT molecular complexity index is 1590. The van der Waals surface area contributed by atoms with E-state index in [0.717, 1.165) is 25.7 Å². The zero-order valence-electron chi connectivity index (χ0n) is 25.9. The van der Waals surface area contributed by atoms with E-state index in [2.05, 4.69) is 9.88 Å². The monoisotopic (exact) mass is 669 g/mol. The maximum atomic E-state index is 14.1. The number of aromatic nitrogens is 1. The average molecular weight is 670 g/mol. The van der Waals surface area contributed by atoms with E-state index in [1.807, 2.05) is 0 Å². The lowest BCUT2D eigenvalue weighted by atomic mass is 9.81. The molecule has 1 unspecified atom stereocenters. The SMILES string of the molecule is Cc1cc(F)ccc1-c1cc(N2[C@@H]3CC[C@H]2C[C@@H]([S+](C)[O-])C3)ncc1N(C)C(=O)C(C)(C)c1cc(C(F)(F)F)cc(C(F)(F)F)c1. The van der Waals surface area contributed by atoms with Crippen molar-refractivity contribution in [1.29, 1.82) is 0 Å². The fourth-order valence-electron chi connectivity index (χ4n) is 6.73. The van der Waals surface area contributed by atoms with Crippen LogP contribution in [0.2, 0.25) is 0 Å². The van der Waals surface area contributed by atoms with Crippen LogP contribution < -0.4 is 9.80 Å². The van der Waals surface area contributed by atoms with Gasteiger partial charge >= 0.3 is 12.4 Å². The smallest absolute Gasteiger partial charge is 0.416 e. The van der Waals surface area contributed by atoms with Crippen molar-refractivity contribution in [2.24, 2.45) is 0 Å². The normalized spacial score (nSPS) is 21.0. The number of amides is 1. The summed E-state index contributed by atoms with van der Waals surface area (Å²) in [7, 11) is 1.38. The number of likely N-dealkylation sites (N-methyl/N-ethyl adjacent to an activating group) is 1. The van der Waals surface area contributed by atoms with Crippen molar-refractivity contribution in [2.45, 2.75) is 81.6 Å². The molecule has 0 aliphatic carbocycles. The molecule has 2 fully saturated rings. The van der Waals surface area contributed by atoms with Crippen molar-refractivity contribution in [3.8, 4) is 11.1 Å². The molecule has 5 nitrogen and oxygen atoms in total. The van der Waals surface area contributed by atoms with Crippen molar-refractivity contribution in [1.82, 2.24) is 4.98 Å². The fourth-order valence-corrected chi connectivity index (χ4v) is 7.72. The molecule has 2 aromatic carbocycles. The average Bonchev–Trinajstić information content (AvgIpc) is 3.23. The van der Waals surface area contributed by atoms with Crippen LogP contribution in [0.4, 0.5) is 42.2 Å². The summed E-state index contributed by atoms with van der Waals surface area (Å²) >= 11 is -0.969. The zero-order valence-corrected chi connectivity index (χ0v) is 26.7. The van der Waals surface area contributed by atoms with Gasteiger partial charge in [0.15, 0.2) is 0 Å². The van der Waals surface area contributed by atoms with Crippen LogP contribution in [0.1, 0.15) is 61.8 Å². The van der Waals surface area contributed by atoms with E-state index in [4.69, 9.17) is 0 Å². The maximum Gasteiger partial charge on any atom is 0.416 e. The summed E-state index contributed by atoms with van der Waals surface area (Å²) in [5, 5.41) is 0.0755. The number of rotatable bonds is 6. The lowest BCUT2D eigenvalue weighted by molar-refractivity contribution is -0.143. The highest BCUT2D eigenvalue weighted by Gasteiger charge is 2.45. The Morgan fingerprint density at radius 1 is 0.913 bits per heavy atom. The van der Waals surface area contributed by atoms with Gasteiger partial charge in [0.1, 0.15) is 16.9 Å². The molecule has 1 amide bonds. The molecule has 2 aliphatic rings. The Labute approximate surface area is 266 Å². The minimum absolute atomic E-state index is 0.0277. The molecule has 0 N–H and O–H groups in total. The van der Waals surface area contributed by atoms with Crippen molar-refractivity contribution < 1.29 is 40.1 Å². The predicted octanol–water partition coefficient (Wildman–Crippen LogP) is 8.05. The number of pyridine rings is 1. The third kappa shape index (κ3) is 6.45. The number of anilines is 2. The topological polar surface area (TPSA) is 59.5 Å². The van der Waals surface area contributed by atoms with Crippen molar-refractivity contribution >= 4 is 28.6 Å². The molecule has 0 saturated carbocycles. The lowest BCUT2D eigenvalue weighted by Crippen LogP contribution is -2.47. The van der Waals surface area contributed by atoms with Gasteiger partial charge in [-0.3, -0.25) is 4.79 Å². The minimum Gasteiger partial charge on any atom is -0.616 e. The van der Waals surface area contributed by atoms with Gasteiger partial charge < -0.3 is 14.4 Å². The number of aryl methyl sites for hydroxylation is 1. The van der Waals surface area contributed by atoms with E-state index in [-0.39, 0.29) is 29.1 Å². The highest BCUT2D eigenvalue weighted by atomic mass is 32.2. The number of carbonyl (C=O) groups is 1. The molecule has 248 valence electrons. The first-order chi connectivity index (χ1) is 21.3. The summed E-state index contributed by atoms with van der Waals surface area (Å²) < 4.78 is 108. The molecule has 3 heterocycles. The quantitative estimate of drug-likeness (QED) is 0.197. The Morgan fingerprint density at radius 3 is 1.96 bits per heavy atom. The van der Waals surface area contributed by atoms with Crippen LogP contribution in [0.15, 0.2) is 48.7 Å². The summed E-state index contributed by atoms with van der Waals surface area (Å²) in [6.45, 7) is 4.23. The molecule has 46 heavy (non-hydrogen) atoms. The van der Waals surface area contributed by atoms with Crippen molar-refractivity contribution in [2.75, 3.05) is 23.1 Å². The molecule has 2 bridgehead atoms. The van der Waals surface area contributed by atoms with Crippen LogP contribution in [0.25, 0.3) is 11.1 Å². The highest BCUT2D eigenvalue weighted by Crippen LogP contribution is 2.44. The lowest BCUT2D eigenvalue weighted by Gasteiger charge is -2.39. The molecule has 1 aromatic heterocycles. The molecule has 4 atom stereocenters. The molecule has 2 saturated heterocycles. The van der Waals surface area contributed by atoms with Crippen LogP contribution in [0.5, 0.6) is 0 Å². The van der Waals surface area contributed by atoms with E-state index in [0.29, 0.717) is 34.6 Å². The first kappa shape index (κ1) is 34.0. The summed E-state index contributed by atoms with van der Waals surface area (Å²) in [6, 6.07) is 7.31. The Kier molecular flexibility index (Phi) is 8.91. The number of benzene rings is 2. The first-order valence-electron chi connectivity index (χ1n) is 14.7. The zero-order chi connectivity index (χ0) is 33.9. The number of halogens is 7. The first-order valence-corrected chi connectivity index (χ1v) is 16.4. The summed E-state index contributed by atoms with van der Waals surface area (Å²) in [5.41, 5.74) is -3.45. The minimum atomic E-state index is -5.08. The molecule has 0 spiro atoms. The second kappa shape index (κ2) is 12.0. The van der Waals surface area contributed by atoms with E-state index in [1.165, 1.54) is 44.1 Å². The van der Waals surface area contributed by atoms with Crippen LogP contribution in [-0.2, 0) is 33.7 Å². The van der Waals surface area contributed by atoms with Crippen LogP contribution in [0.3, 0.4) is 0 Å². The second-order valence-electron chi connectivity index (χ2n) is 12.7. The molecule has 2 aliphatic heterocycles. The van der Waals surface area contributed by atoms with Gasteiger partial charge in [0.05, 0.1) is 34.7 Å². The Morgan fingerprint density at radius 2 is 1.46 bits per heavy atom. The van der Waals surface area contributed by atoms with Crippen LogP contribution >= 0.6 is 0 Å². The fraction of sp³-hybridized carbons (Fsp3) is 0.455. The van der Waals surface area contributed by atoms with Gasteiger partial charge in [0.2, 0.25) is 5.91 Å². The van der Waals surface area contributed by atoms with E-state index < -0.39 is 57.4 Å². The summed E-state index contributed by atoms with van der Waals surface area (Å²) in [6.07, 6.45) is -3.72. The maximum absolute atomic E-state index is 14.1. The molecule has 0 radical (unpaired) electrons. The predicted molar refractivity (Wildman–Crippen MR) is 164 cm³/mol. The van der Waals surface area contributed by atoms with Crippen LogP contribution in [0, 0.1) is 12.7 Å². The molecular weight excluding hydrogens is 635 g/mol. The molecular formula is C33H34F7N3O2S. The van der Waals surface area contributed by atoms with Crippen LogP contribution in [-0.4, -0.2) is 46.1 Å². The van der Waals surface area contributed by atoms with E-state index >= 15 is 0 Å². The van der Waals surface area contributed by atoms with Gasteiger partial charge in [-0.05, 0) is 86.7 Å². The third-order valence-corrected chi connectivity index (χ3v) is 10.6. The van der Waals surface area contributed by atoms with Gasteiger partial charge in [0, 0.05) is 37.5 Å². The largest absolute Gasteiger partial charge is 0.616 e. The number of nitrogens with zero attached hydrogens (tertiary/aromatic N) is 3. The Balaban J connectivity index is 1.58. The molecule has 3 aromatic rings. The number of fused-ring (bicyclic) bond motifs is 2. The summed E-state index contributed by atoms with van der Waals surface area (Å²) in [4.78, 5) is 22.1. The number of piperidine rings is 1. The second-order valence-corrected chi connectivity index (χ2v) is 14.4. The third-order valence-electron chi connectivity index (χ3n) is 9.28. The standard InChI is InChI=1S/C33H34F7N3O2S/c1-18-10-22(34)6-9-26(18)27-16-29(43-23-7-8-24(43)15-25(14-23)46(5)45)41-17-28(27)42(4)30(44)31(2,3)19-11-20(32(35,36)37)13-21(12-19)33(38,39)40/h6,9-13,16-17,23-25H,7-8,14-15H2,1-5H3/t23-,24+,25+,46?. The van der Waals surface area contributed by atoms with Gasteiger partial charge in [0.25, 0.3) is 0 Å². The van der Waals surface area contributed by atoms with E-state index in [9.17, 15) is 40.1 Å². The van der Waals surface area contributed by atoms with Gasteiger partial charge in [-0.2, -0.15) is 26.3 Å². The number of carbonyl (C=O) groups excluding carboxylic acids is 1. The van der Waals surface area contributed by atoms with Crippen molar-refractivity contribution in [3.63, 3.8) is 0 Å². The number of alkyl halides is 6. The molecule has 13 heteroatoms. The number of hydrogen-bond donors (Lipinski definition) is 0. The Hall–Kier alpha value is -3.32. The van der Waals surface area contributed by atoms with Crippen molar-refractivity contribution in [3.05, 3.63) is 76.7 Å². The number of hydrogen-bond acceptors (Lipinski definition) is 4. The van der Waals surface area contributed by atoms with Gasteiger partial charge in [-0.25, -0.2) is 9.37 Å². The van der Waals surface area contributed by atoms with Gasteiger partial charge in [-0.1, -0.05) is 17.2 Å². The van der Waals surface area contributed by atoms with Gasteiger partial charge in [-0.15, -0.1) is 0 Å². The summed E-state index contributed by atoms with van der Waals surface area (Å²) in [5.74, 6) is -0.634. The highest BCUT2D eigenvalue weighted by molar-refractivity contribution is 7.91. The van der Waals surface area contributed by atoms with E-state index in [1.54, 1.807) is 25.3 Å².